The quantitative estimate of drug-likeness (QED) is 0.587. The minimum absolute atomic E-state index is 0.466. The third-order valence-electron chi connectivity index (χ3n) is 4.00. The Morgan fingerprint density at radius 2 is 1.90 bits per heavy atom. The van der Waals surface area contributed by atoms with Crippen LogP contribution in [0.2, 0.25) is 0 Å². The van der Waals surface area contributed by atoms with Gasteiger partial charge in [-0.15, -0.1) is 11.3 Å². The van der Waals surface area contributed by atoms with Gasteiger partial charge in [0.2, 0.25) is 0 Å². The van der Waals surface area contributed by atoms with Crippen molar-refractivity contribution in [3.8, 4) is 0 Å². The van der Waals surface area contributed by atoms with Gasteiger partial charge in [-0.2, -0.15) is 11.8 Å². The molecule has 1 aromatic carbocycles. The second-order valence-electron chi connectivity index (χ2n) is 5.67. The summed E-state index contributed by atoms with van der Waals surface area (Å²) in [6.45, 7) is 5.69. The van der Waals surface area contributed by atoms with Crippen molar-refractivity contribution in [2.45, 2.75) is 45.6 Å². The number of aryl methyl sites for hydroxylation is 1. The van der Waals surface area contributed by atoms with Crippen LogP contribution in [-0.4, -0.2) is 18.6 Å². The number of hydrogen-bond acceptors (Lipinski definition) is 3. The molecule has 0 aliphatic carbocycles. The van der Waals surface area contributed by atoms with E-state index in [9.17, 15) is 0 Å². The zero-order valence-electron chi connectivity index (χ0n) is 13.4. The van der Waals surface area contributed by atoms with Crippen molar-refractivity contribution in [2.75, 3.05) is 18.6 Å². The Bertz CT molecular complexity index is 547. The summed E-state index contributed by atoms with van der Waals surface area (Å²) in [6.07, 6.45) is 7.58. The first kappa shape index (κ1) is 16.9. The fraction of sp³-hybridized carbons (Fsp3) is 0.556. The predicted molar refractivity (Wildman–Crippen MR) is 99.8 cm³/mol. The van der Waals surface area contributed by atoms with Crippen LogP contribution in [0.1, 0.15) is 49.1 Å². The van der Waals surface area contributed by atoms with Crippen molar-refractivity contribution in [3.05, 3.63) is 34.7 Å². The van der Waals surface area contributed by atoms with E-state index in [-0.39, 0.29) is 0 Å². The van der Waals surface area contributed by atoms with E-state index in [1.54, 1.807) is 0 Å². The molecule has 0 aliphatic heterocycles. The smallest absolute Gasteiger partial charge is 0.0389 e. The van der Waals surface area contributed by atoms with Gasteiger partial charge in [0, 0.05) is 15.6 Å². The highest BCUT2D eigenvalue weighted by atomic mass is 32.2. The van der Waals surface area contributed by atoms with Crippen molar-refractivity contribution >= 4 is 33.2 Å². The fourth-order valence-electron chi connectivity index (χ4n) is 2.74. The summed E-state index contributed by atoms with van der Waals surface area (Å²) in [6, 6.07) is 9.21. The van der Waals surface area contributed by atoms with Gasteiger partial charge < -0.3 is 5.32 Å². The molecule has 3 heteroatoms. The van der Waals surface area contributed by atoms with Crippen LogP contribution in [0.3, 0.4) is 0 Å². The lowest BCUT2D eigenvalue weighted by atomic mass is 10.1. The number of rotatable bonds is 9. The largest absolute Gasteiger partial charge is 0.309 e. The lowest BCUT2D eigenvalue weighted by Crippen LogP contribution is -2.19. The molecule has 1 nitrogen and oxygen atoms in total. The maximum atomic E-state index is 3.70. The molecule has 116 valence electrons. The topological polar surface area (TPSA) is 12.0 Å². The van der Waals surface area contributed by atoms with Crippen LogP contribution in [0, 0.1) is 6.92 Å². The lowest BCUT2D eigenvalue weighted by Gasteiger charge is -2.13. The number of thiophene rings is 1. The molecular formula is C18H27NS2. The van der Waals surface area contributed by atoms with Gasteiger partial charge in [-0.1, -0.05) is 31.0 Å². The Labute approximate surface area is 137 Å². The van der Waals surface area contributed by atoms with Gasteiger partial charge in [-0.05, 0) is 62.3 Å². The molecular weight excluding hydrogens is 294 g/mol. The zero-order chi connectivity index (χ0) is 15.1. The van der Waals surface area contributed by atoms with E-state index in [1.165, 1.54) is 52.0 Å². The molecule has 1 aromatic heterocycles. The van der Waals surface area contributed by atoms with Crippen molar-refractivity contribution in [1.82, 2.24) is 5.32 Å². The van der Waals surface area contributed by atoms with Gasteiger partial charge in [0.15, 0.2) is 0 Å². The van der Waals surface area contributed by atoms with Gasteiger partial charge in [0.1, 0.15) is 0 Å². The molecule has 2 aromatic rings. The second kappa shape index (κ2) is 8.82. The lowest BCUT2D eigenvalue weighted by molar-refractivity contribution is 0.541. The zero-order valence-corrected chi connectivity index (χ0v) is 15.1. The van der Waals surface area contributed by atoms with Crippen molar-refractivity contribution in [2.24, 2.45) is 0 Å². The van der Waals surface area contributed by atoms with Crippen molar-refractivity contribution in [1.29, 1.82) is 0 Å². The van der Waals surface area contributed by atoms with E-state index in [0.29, 0.717) is 6.04 Å². The molecule has 0 radical (unpaired) electrons. The molecule has 1 heterocycles. The average Bonchev–Trinajstić information content (AvgIpc) is 2.84. The molecule has 1 atom stereocenters. The highest BCUT2D eigenvalue weighted by Gasteiger charge is 2.13. The van der Waals surface area contributed by atoms with Crippen LogP contribution in [0.25, 0.3) is 10.1 Å². The van der Waals surface area contributed by atoms with Crippen LogP contribution >= 0.6 is 23.1 Å². The number of nitrogens with one attached hydrogen (secondary N) is 1. The van der Waals surface area contributed by atoms with Gasteiger partial charge in [0.05, 0.1) is 0 Å². The minimum Gasteiger partial charge on any atom is -0.309 e. The molecule has 0 spiro atoms. The highest BCUT2D eigenvalue weighted by Crippen LogP contribution is 2.34. The molecule has 1 unspecified atom stereocenters. The summed E-state index contributed by atoms with van der Waals surface area (Å²) >= 11 is 3.90. The fourth-order valence-corrected chi connectivity index (χ4v) is 4.47. The average molecular weight is 322 g/mol. The molecule has 21 heavy (non-hydrogen) atoms. The molecule has 0 amide bonds. The molecule has 0 saturated heterocycles. The molecule has 0 aliphatic rings. The standard InChI is InChI=1S/C18H27NS2/c1-14-16-10-6-7-11-17(16)21-18(14)15(2)19-12-8-4-5-9-13-20-3/h6-7,10-11,15,19H,4-5,8-9,12-13H2,1-3H3. The van der Waals surface area contributed by atoms with Gasteiger partial charge in [0.25, 0.3) is 0 Å². The van der Waals surface area contributed by atoms with E-state index in [4.69, 9.17) is 0 Å². The first-order valence-corrected chi connectivity index (χ1v) is 10.2. The first-order valence-electron chi connectivity index (χ1n) is 7.94. The maximum Gasteiger partial charge on any atom is 0.0389 e. The Balaban J connectivity index is 1.79. The van der Waals surface area contributed by atoms with E-state index in [1.807, 2.05) is 23.1 Å². The summed E-state index contributed by atoms with van der Waals surface area (Å²) in [7, 11) is 0. The summed E-state index contributed by atoms with van der Waals surface area (Å²) in [5, 5.41) is 5.12. The molecule has 0 bridgehead atoms. The summed E-state index contributed by atoms with van der Waals surface area (Å²) in [4.78, 5) is 1.50. The second-order valence-corrected chi connectivity index (χ2v) is 7.74. The van der Waals surface area contributed by atoms with Gasteiger partial charge in [-0.3, -0.25) is 0 Å². The molecule has 0 saturated carbocycles. The van der Waals surface area contributed by atoms with Crippen LogP contribution < -0.4 is 5.32 Å². The van der Waals surface area contributed by atoms with E-state index in [2.05, 4.69) is 49.7 Å². The predicted octanol–water partition coefficient (Wildman–Crippen LogP) is 5.78. The SMILES string of the molecule is CSCCCCCCNC(C)c1sc2ccccc2c1C. The van der Waals surface area contributed by atoms with Crippen LogP contribution in [0.15, 0.2) is 24.3 Å². The van der Waals surface area contributed by atoms with Crippen molar-refractivity contribution < 1.29 is 0 Å². The highest BCUT2D eigenvalue weighted by molar-refractivity contribution is 7.98. The molecule has 2 rings (SSSR count). The summed E-state index contributed by atoms with van der Waals surface area (Å²) < 4.78 is 1.41. The monoisotopic (exact) mass is 321 g/mol. The number of thioether (sulfide) groups is 1. The van der Waals surface area contributed by atoms with Crippen molar-refractivity contribution in [3.63, 3.8) is 0 Å². The van der Waals surface area contributed by atoms with Crippen LogP contribution in [0.4, 0.5) is 0 Å². The van der Waals surface area contributed by atoms with Crippen LogP contribution in [0.5, 0.6) is 0 Å². The summed E-state index contributed by atoms with van der Waals surface area (Å²) in [5.41, 5.74) is 1.45. The number of hydrogen-bond donors (Lipinski definition) is 1. The Morgan fingerprint density at radius 1 is 1.14 bits per heavy atom. The Hall–Kier alpha value is -0.510. The van der Waals surface area contributed by atoms with E-state index in [0.717, 1.165) is 6.54 Å². The Morgan fingerprint density at radius 3 is 2.67 bits per heavy atom. The third-order valence-corrected chi connectivity index (χ3v) is 6.15. The van der Waals surface area contributed by atoms with Gasteiger partial charge >= 0.3 is 0 Å². The van der Waals surface area contributed by atoms with E-state index < -0.39 is 0 Å². The maximum absolute atomic E-state index is 3.70. The van der Waals surface area contributed by atoms with E-state index >= 15 is 0 Å². The van der Waals surface area contributed by atoms with Gasteiger partial charge in [-0.25, -0.2) is 0 Å². The first-order chi connectivity index (χ1) is 10.2. The van der Waals surface area contributed by atoms with Crippen LogP contribution in [-0.2, 0) is 0 Å². The normalized spacial score (nSPS) is 12.9. The molecule has 1 N–H and O–H groups in total. The number of unbranched alkanes of at least 4 members (excludes halogenated alkanes) is 3. The number of benzene rings is 1. The Kier molecular flexibility index (Phi) is 7.08. The molecule has 0 fully saturated rings. The summed E-state index contributed by atoms with van der Waals surface area (Å²) in [5.74, 6) is 1.31. The minimum atomic E-state index is 0.466. The number of fused-ring (bicyclic) bond motifs is 1. The third kappa shape index (κ3) is 4.73.